The molecule has 2 heterocycles. The average Bonchev–Trinajstić information content (AvgIpc) is 2.98. The van der Waals surface area contributed by atoms with Crippen LogP contribution in [0.2, 0.25) is 5.28 Å². The average molecular weight is 269 g/mol. The van der Waals surface area contributed by atoms with E-state index in [4.69, 9.17) is 16.3 Å². The molecule has 2 aliphatic rings. The van der Waals surface area contributed by atoms with E-state index in [9.17, 15) is 0 Å². The first kappa shape index (κ1) is 12.0. The minimum absolute atomic E-state index is 0.217. The van der Waals surface area contributed by atoms with Gasteiger partial charge in [0.1, 0.15) is 0 Å². The van der Waals surface area contributed by atoms with Crippen molar-refractivity contribution in [3.8, 4) is 6.01 Å². The molecule has 5 nitrogen and oxygen atoms in total. The number of hydrogen-bond acceptors (Lipinski definition) is 5. The maximum Gasteiger partial charge on any atom is 0.322 e. The minimum atomic E-state index is 0.217. The van der Waals surface area contributed by atoms with Gasteiger partial charge in [-0.05, 0) is 43.2 Å². The number of piperidine rings is 1. The number of nitrogens with zero attached hydrogens (tertiary/aromatic N) is 4. The molecule has 2 atom stereocenters. The van der Waals surface area contributed by atoms with Crippen molar-refractivity contribution in [1.29, 1.82) is 0 Å². The maximum absolute atomic E-state index is 5.94. The molecule has 1 aromatic heterocycles. The lowest BCUT2D eigenvalue weighted by atomic mass is 10.1. The summed E-state index contributed by atoms with van der Waals surface area (Å²) in [5, 5.41) is 0.217. The molecule has 1 aromatic rings. The zero-order valence-electron chi connectivity index (χ0n) is 10.5. The molecular weight excluding hydrogens is 252 g/mol. The lowest BCUT2D eigenvalue weighted by Gasteiger charge is -2.26. The zero-order valence-corrected chi connectivity index (χ0v) is 11.2. The lowest BCUT2D eigenvalue weighted by Crippen LogP contribution is -2.33. The maximum atomic E-state index is 5.94. The van der Waals surface area contributed by atoms with Gasteiger partial charge in [0.05, 0.1) is 6.61 Å². The molecule has 2 unspecified atom stereocenters. The van der Waals surface area contributed by atoms with Crippen LogP contribution in [-0.2, 0) is 0 Å². The molecule has 1 saturated heterocycles. The van der Waals surface area contributed by atoms with Crippen LogP contribution in [0.3, 0.4) is 0 Å². The summed E-state index contributed by atoms with van der Waals surface area (Å²) < 4.78 is 5.44. The summed E-state index contributed by atoms with van der Waals surface area (Å²) in [5.41, 5.74) is 0. The number of hydrogen-bond donors (Lipinski definition) is 0. The Labute approximate surface area is 112 Å². The zero-order chi connectivity index (χ0) is 12.5. The highest BCUT2D eigenvalue weighted by Crippen LogP contribution is 2.39. The number of halogens is 1. The van der Waals surface area contributed by atoms with Crippen LogP contribution < -0.4 is 9.64 Å². The summed E-state index contributed by atoms with van der Waals surface area (Å²) in [6.07, 6.45) is 4.75. The van der Waals surface area contributed by atoms with E-state index in [-0.39, 0.29) is 5.28 Å². The van der Waals surface area contributed by atoms with Gasteiger partial charge in [0.15, 0.2) is 0 Å². The van der Waals surface area contributed by atoms with Crippen molar-refractivity contribution in [2.75, 3.05) is 18.1 Å². The molecule has 0 amide bonds. The Morgan fingerprint density at radius 3 is 2.89 bits per heavy atom. The quantitative estimate of drug-likeness (QED) is 0.839. The van der Waals surface area contributed by atoms with Crippen LogP contribution >= 0.6 is 11.6 Å². The second-order valence-electron chi connectivity index (χ2n) is 5.02. The van der Waals surface area contributed by atoms with E-state index < -0.39 is 0 Å². The summed E-state index contributed by atoms with van der Waals surface area (Å²) in [5.74, 6) is 1.47. The highest BCUT2D eigenvalue weighted by atomic mass is 35.5. The summed E-state index contributed by atoms with van der Waals surface area (Å²) in [4.78, 5) is 14.9. The molecule has 1 aliphatic heterocycles. The van der Waals surface area contributed by atoms with Gasteiger partial charge in [-0.2, -0.15) is 15.0 Å². The van der Waals surface area contributed by atoms with Gasteiger partial charge >= 0.3 is 6.01 Å². The number of ether oxygens (including phenoxy) is 1. The molecule has 0 aromatic carbocycles. The van der Waals surface area contributed by atoms with Crippen LogP contribution in [0.25, 0.3) is 0 Å². The normalized spacial score (nSPS) is 25.8. The number of fused-ring (bicyclic) bond motifs is 2. The Morgan fingerprint density at radius 1 is 1.33 bits per heavy atom. The molecule has 3 rings (SSSR count). The summed E-state index contributed by atoms with van der Waals surface area (Å²) in [7, 11) is 0. The van der Waals surface area contributed by atoms with E-state index in [1.54, 1.807) is 0 Å². The molecular formula is C12H17ClN4O. The third kappa shape index (κ3) is 2.23. The Bertz CT molecular complexity index is 442. The van der Waals surface area contributed by atoms with Crippen LogP contribution in [0.1, 0.15) is 32.6 Å². The third-order valence-corrected chi connectivity index (χ3v) is 3.85. The smallest absolute Gasteiger partial charge is 0.322 e. The van der Waals surface area contributed by atoms with Crippen molar-refractivity contribution >= 4 is 17.5 Å². The lowest BCUT2D eigenvalue weighted by molar-refractivity contribution is 0.291. The predicted octanol–water partition coefficient (Wildman–Crippen LogP) is 2.30. The van der Waals surface area contributed by atoms with Gasteiger partial charge in [-0.15, -0.1) is 0 Å². The van der Waals surface area contributed by atoms with E-state index >= 15 is 0 Å². The van der Waals surface area contributed by atoms with Crippen molar-refractivity contribution in [1.82, 2.24) is 15.0 Å². The molecule has 0 radical (unpaired) electrons. The molecule has 2 bridgehead atoms. The van der Waals surface area contributed by atoms with Crippen LogP contribution in [0, 0.1) is 5.92 Å². The van der Waals surface area contributed by atoms with Crippen LogP contribution in [-0.4, -0.2) is 34.1 Å². The molecule has 98 valence electrons. The van der Waals surface area contributed by atoms with E-state index in [0.717, 1.165) is 18.9 Å². The number of aromatic nitrogens is 3. The standard InChI is InChI=1S/C12H17ClN4O/c1-2-5-18-12-15-10(13)14-11(16-12)17-7-8-3-4-9(17)6-8/h8-9H,2-7H2,1H3. The van der Waals surface area contributed by atoms with Crippen molar-refractivity contribution in [3.05, 3.63) is 5.28 Å². The summed E-state index contributed by atoms with van der Waals surface area (Å²) >= 11 is 5.94. The fraction of sp³-hybridized carbons (Fsp3) is 0.750. The minimum Gasteiger partial charge on any atom is -0.463 e. The van der Waals surface area contributed by atoms with Crippen molar-refractivity contribution in [2.24, 2.45) is 5.92 Å². The fourth-order valence-corrected chi connectivity index (χ4v) is 3.03. The molecule has 0 N–H and O–H groups in total. The first-order valence-corrected chi connectivity index (χ1v) is 6.95. The molecule has 6 heteroatoms. The Kier molecular flexibility index (Phi) is 3.24. The van der Waals surface area contributed by atoms with Gasteiger partial charge < -0.3 is 9.64 Å². The molecule has 0 spiro atoms. The molecule has 18 heavy (non-hydrogen) atoms. The summed E-state index contributed by atoms with van der Waals surface area (Å²) in [6.45, 7) is 3.69. The molecule has 1 saturated carbocycles. The highest BCUT2D eigenvalue weighted by Gasteiger charge is 2.39. The number of anilines is 1. The second-order valence-corrected chi connectivity index (χ2v) is 5.36. The Balaban J connectivity index is 1.81. The Hall–Kier alpha value is -1.10. The first-order chi connectivity index (χ1) is 8.76. The highest BCUT2D eigenvalue weighted by molar-refractivity contribution is 6.28. The monoisotopic (exact) mass is 268 g/mol. The van der Waals surface area contributed by atoms with Crippen molar-refractivity contribution < 1.29 is 4.74 Å². The largest absolute Gasteiger partial charge is 0.463 e. The van der Waals surface area contributed by atoms with Crippen molar-refractivity contribution in [3.63, 3.8) is 0 Å². The van der Waals surface area contributed by atoms with E-state index in [1.165, 1.54) is 19.3 Å². The predicted molar refractivity (Wildman–Crippen MR) is 69.1 cm³/mol. The molecule has 2 fully saturated rings. The summed E-state index contributed by atoms with van der Waals surface area (Å²) in [6, 6.07) is 0.919. The topological polar surface area (TPSA) is 51.1 Å². The van der Waals surface area contributed by atoms with E-state index in [2.05, 4.69) is 19.9 Å². The fourth-order valence-electron chi connectivity index (χ4n) is 2.88. The third-order valence-electron chi connectivity index (χ3n) is 3.68. The second kappa shape index (κ2) is 4.88. The van der Waals surface area contributed by atoms with Crippen LogP contribution in [0.5, 0.6) is 6.01 Å². The van der Waals surface area contributed by atoms with Gasteiger partial charge in [0, 0.05) is 12.6 Å². The van der Waals surface area contributed by atoms with Crippen molar-refractivity contribution in [2.45, 2.75) is 38.6 Å². The number of rotatable bonds is 4. The first-order valence-electron chi connectivity index (χ1n) is 6.57. The van der Waals surface area contributed by atoms with Crippen LogP contribution in [0.4, 0.5) is 5.95 Å². The van der Waals surface area contributed by atoms with Gasteiger partial charge in [-0.25, -0.2) is 0 Å². The van der Waals surface area contributed by atoms with E-state index in [0.29, 0.717) is 24.6 Å². The van der Waals surface area contributed by atoms with Gasteiger partial charge in [0.25, 0.3) is 0 Å². The van der Waals surface area contributed by atoms with Gasteiger partial charge in [-0.3, -0.25) is 0 Å². The van der Waals surface area contributed by atoms with E-state index in [1.807, 2.05) is 6.92 Å². The Morgan fingerprint density at radius 2 is 2.22 bits per heavy atom. The SMILES string of the molecule is CCCOc1nc(Cl)nc(N2CC3CCC2C3)n1. The van der Waals surface area contributed by atoms with Gasteiger partial charge in [0.2, 0.25) is 11.2 Å². The van der Waals surface area contributed by atoms with Crippen LogP contribution in [0.15, 0.2) is 0 Å². The van der Waals surface area contributed by atoms with Gasteiger partial charge in [-0.1, -0.05) is 6.92 Å². The molecule has 1 aliphatic carbocycles.